The van der Waals surface area contributed by atoms with E-state index in [9.17, 15) is 0 Å². The number of anilines is 1. The number of hydrogen-bond donors (Lipinski definition) is 1. The van der Waals surface area contributed by atoms with E-state index in [1.807, 2.05) is 13.2 Å². The van der Waals surface area contributed by atoms with Crippen molar-refractivity contribution in [2.45, 2.75) is 38.8 Å². The van der Waals surface area contributed by atoms with Crippen molar-refractivity contribution < 1.29 is 4.74 Å². The minimum Gasteiger partial charge on any atom is -0.383 e. The smallest absolute Gasteiger partial charge is 0.128 e. The van der Waals surface area contributed by atoms with Crippen LogP contribution in [0.3, 0.4) is 0 Å². The van der Waals surface area contributed by atoms with Crippen molar-refractivity contribution in [3.05, 3.63) is 23.9 Å². The topological polar surface area (TPSA) is 40.6 Å². The van der Waals surface area contributed by atoms with Crippen LogP contribution in [0.5, 0.6) is 0 Å². The Hall–Kier alpha value is -1.17. The van der Waals surface area contributed by atoms with E-state index < -0.39 is 0 Å². The monoisotopic (exact) mass is 320 g/mol. The molecule has 1 unspecified atom stereocenters. The number of piperidine rings is 1. The highest BCUT2D eigenvalue weighted by Gasteiger charge is 2.13. The number of nitrogens with one attached hydrogen (secondary N) is 1. The number of ether oxygens (including phenoxy) is 1. The Morgan fingerprint density at radius 1 is 1.30 bits per heavy atom. The molecule has 2 heterocycles. The standard InChI is InChI=1S/C18H32N4O/c1-16(15-22-9-5-4-6-10-22)19-13-17-7-8-18(20-14-17)21(2)11-12-23-3/h7-8,14,16,19H,4-6,9-13,15H2,1-3H3. The number of pyridine rings is 1. The second-order valence-electron chi connectivity index (χ2n) is 6.58. The summed E-state index contributed by atoms with van der Waals surface area (Å²) in [6, 6.07) is 4.76. The van der Waals surface area contributed by atoms with Crippen LogP contribution in [0.1, 0.15) is 31.7 Å². The van der Waals surface area contributed by atoms with Gasteiger partial charge in [0.1, 0.15) is 5.82 Å². The van der Waals surface area contributed by atoms with Gasteiger partial charge < -0.3 is 19.9 Å². The molecule has 1 aliphatic heterocycles. The summed E-state index contributed by atoms with van der Waals surface area (Å²) in [5.41, 5.74) is 1.24. The quantitative estimate of drug-likeness (QED) is 0.755. The Kier molecular flexibility index (Phi) is 7.79. The molecule has 0 spiro atoms. The maximum absolute atomic E-state index is 5.10. The van der Waals surface area contributed by atoms with Gasteiger partial charge in [-0.05, 0) is 44.5 Å². The van der Waals surface area contributed by atoms with Crippen LogP contribution < -0.4 is 10.2 Å². The second-order valence-corrected chi connectivity index (χ2v) is 6.58. The molecule has 0 aromatic carbocycles. The summed E-state index contributed by atoms with van der Waals surface area (Å²) in [6.45, 7) is 8.39. The molecule has 5 heteroatoms. The van der Waals surface area contributed by atoms with Crippen molar-refractivity contribution in [2.75, 3.05) is 51.8 Å². The number of likely N-dealkylation sites (tertiary alicyclic amines) is 1. The van der Waals surface area contributed by atoms with Crippen molar-refractivity contribution in [1.29, 1.82) is 0 Å². The Morgan fingerprint density at radius 2 is 2.09 bits per heavy atom. The third-order valence-electron chi connectivity index (χ3n) is 4.47. The molecule has 1 saturated heterocycles. The number of nitrogens with zero attached hydrogens (tertiary/aromatic N) is 3. The van der Waals surface area contributed by atoms with Crippen molar-refractivity contribution in [3.63, 3.8) is 0 Å². The summed E-state index contributed by atoms with van der Waals surface area (Å²) >= 11 is 0. The lowest BCUT2D eigenvalue weighted by atomic mass is 10.1. The fourth-order valence-corrected chi connectivity index (χ4v) is 2.98. The summed E-state index contributed by atoms with van der Waals surface area (Å²) < 4.78 is 5.10. The van der Waals surface area contributed by atoms with Gasteiger partial charge >= 0.3 is 0 Å². The highest BCUT2D eigenvalue weighted by Crippen LogP contribution is 2.11. The van der Waals surface area contributed by atoms with E-state index in [0.717, 1.165) is 32.1 Å². The van der Waals surface area contributed by atoms with Crippen LogP contribution in [0.15, 0.2) is 18.3 Å². The highest BCUT2D eigenvalue weighted by molar-refractivity contribution is 5.38. The number of rotatable bonds is 9. The van der Waals surface area contributed by atoms with E-state index in [-0.39, 0.29) is 0 Å². The summed E-state index contributed by atoms with van der Waals surface area (Å²) in [5.74, 6) is 0.993. The Bertz CT molecular complexity index is 431. The normalized spacial score (nSPS) is 17.2. The molecule has 1 aliphatic rings. The summed E-state index contributed by atoms with van der Waals surface area (Å²) in [5, 5.41) is 3.61. The van der Waals surface area contributed by atoms with E-state index in [4.69, 9.17) is 4.74 Å². The predicted octanol–water partition coefficient (Wildman–Crippen LogP) is 2.13. The Labute approximate surface area is 141 Å². The molecule has 2 rings (SSSR count). The van der Waals surface area contributed by atoms with E-state index in [2.05, 4.69) is 39.2 Å². The molecule has 23 heavy (non-hydrogen) atoms. The molecule has 1 aromatic rings. The second kappa shape index (κ2) is 9.85. The molecule has 1 aromatic heterocycles. The Balaban J connectivity index is 1.72. The van der Waals surface area contributed by atoms with Gasteiger partial charge in [-0.3, -0.25) is 0 Å². The van der Waals surface area contributed by atoms with Gasteiger partial charge in [0.25, 0.3) is 0 Å². The van der Waals surface area contributed by atoms with Gasteiger partial charge in [-0.2, -0.15) is 0 Å². The van der Waals surface area contributed by atoms with Crippen LogP contribution >= 0.6 is 0 Å². The first kappa shape index (κ1) is 18.2. The molecule has 130 valence electrons. The van der Waals surface area contributed by atoms with E-state index in [1.54, 1.807) is 7.11 Å². The van der Waals surface area contributed by atoms with E-state index in [0.29, 0.717) is 6.04 Å². The zero-order chi connectivity index (χ0) is 16.5. The van der Waals surface area contributed by atoms with Gasteiger partial charge in [0.2, 0.25) is 0 Å². The number of likely N-dealkylation sites (N-methyl/N-ethyl adjacent to an activating group) is 1. The molecule has 1 N–H and O–H groups in total. The minimum absolute atomic E-state index is 0.511. The number of aromatic nitrogens is 1. The summed E-state index contributed by atoms with van der Waals surface area (Å²) in [4.78, 5) is 9.23. The van der Waals surface area contributed by atoms with Crippen molar-refractivity contribution in [3.8, 4) is 0 Å². The zero-order valence-electron chi connectivity index (χ0n) is 14.9. The van der Waals surface area contributed by atoms with Crippen LogP contribution in [0.2, 0.25) is 0 Å². The first-order chi connectivity index (χ1) is 11.2. The Morgan fingerprint density at radius 3 is 2.74 bits per heavy atom. The molecular formula is C18H32N4O. The van der Waals surface area contributed by atoms with Crippen LogP contribution in [0.25, 0.3) is 0 Å². The lowest BCUT2D eigenvalue weighted by Crippen LogP contribution is -2.41. The van der Waals surface area contributed by atoms with Gasteiger partial charge in [0.05, 0.1) is 6.61 Å². The van der Waals surface area contributed by atoms with Crippen molar-refractivity contribution in [2.24, 2.45) is 0 Å². The average Bonchev–Trinajstić information content (AvgIpc) is 2.59. The largest absolute Gasteiger partial charge is 0.383 e. The molecule has 0 amide bonds. The molecule has 0 radical (unpaired) electrons. The van der Waals surface area contributed by atoms with Crippen LogP contribution in [-0.4, -0.2) is 62.9 Å². The van der Waals surface area contributed by atoms with Crippen LogP contribution in [0, 0.1) is 0 Å². The molecule has 1 fully saturated rings. The average molecular weight is 320 g/mol. The molecule has 0 bridgehead atoms. The summed E-state index contributed by atoms with van der Waals surface area (Å²) in [6.07, 6.45) is 6.08. The first-order valence-electron chi connectivity index (χ1n) is 8.80. The van der Waals surface area contributed by atoms with Gasteiger partial charge in [0.15, 0.2) is 0 Å². The minimum atomic E-state index is 0.511. The third kappa shape index (κ3) is 6.45. The highest BCUT2D eigenvalue weighted by atomic mass is 16.5. The first-order valence-corrected chi connectivity index (χ1v) is 8.80. The van der Waals surface area contributed by atoms with Crippen LogP contribution in [0.4, 0.5) is 5.82 Å². The molecule has 0 aliphatic carbocycles. The summed E-state index contributed by atoms with van der Waals surface area (Å²) in [7, 11) is 3.76. The zero-order valence-corrected chi connectivity index (χ0v) is 14.9. The maximum atomic E-state index is 5.10. The van der Waals surface area contributed by atoms with Gasteiger partial charge in [-0.25, -0.2) is 4.98 Å². The van der Waals surface area contributed by atoms with Crippen molar-refractivity contribution in [1.82, 2.24) is 15.2 Å². The lowest BCUT2D eigenvalue weighted by molar-refractivity contribution is 0.206. The van der Waals surface area contributed by atoms with Gasteiger partial charge in [-0.1, -0.05) is 12.5 Å². The van der Waals surface area contributed by atoms with Crippen molar-refractivity contribution >= 4 is 5.82 Å². The van der Waals surface area contributed by atoms with E-state index in [1.165, 1.54) is 37.9 Å². The molecular weight excluding hydrogens is 288 g/mol. The van der Waals surface area contributed by atoms with E-state index >= 15 is 0 Å². The SMILES string of the molecule is COCCN(C)c1ccc(CNC(C)CN2CCCCC2)cn1. The van der Waals surface area contributed by atoms with Gasteiger partial charge in [-0.15, -0.1) is 0 Å². The van der Waals surface area contributed by atoms with Crippen LogP contribution in [-0.2, 0) is 11.3 Å². The van der Waals surface area contributed by atoms with Gasteiger partial charge in [0, 0.05) is 46.0 Å². The number of methoxy groups -OCH3 is 1. The molecule has 5 nitrogen and oxygen atoms in total. The lowest BCUT2D eigenvalue weighted by Gasteiger charge is -2.29. The predicted molar refractivity (Wildman–Crippen MR) is 96.0 cm³/mol. The third-order valence-corrected chi connectivity index (χ3v) is 4.47. The maximum Gasteiger partial charge on any atom is 0.128 e. The number of hydrogen-bond acceptors (Lipinski definition) is 5. The molecule has 0 saturated carbocycles. The fourth-order valence-electron chi connectivity index (χ4n) is 2.98. The fraction of sp³-hybridized carbons (Fsp3) is 0.722. The molecule has 1 atom stereocenters.